The quantitative estimate of drug-likeness (QED) is 0.652. The molecule has 1 aliphatic rings. The lowest BCUT2D eigenvalue weighted by molar-refractivity contribution is -1.01. The fourth-order valence-electron chi connectivity index (χ4n) is 3.43. The Kier molecular flexibility index (Phi) is 7.02. The van der Waals surface area contributed by atoms with Gasteiger partial charge in [-0.25, -0.2) is 0 Å². The first kappa shape index (κ1) is 19.1. The van der Waals surface area contributed by atoms with E-state index in [2.05, 4.69) is 41.7 Å². The van der Waals surface area contributed by atoms with Gasteiger partial charge in [0.05, 0.1) is 19.3 Å². The van der Waals surface area contributed by atoms with Gasteiger partial charge in [0.15, 0.2) is 6.54 Å². The number of amides is 1. The van der Waals surface area contributed by atoms with E-state index in [1.165, 1.54) is 10.5 Å². The van der Waals surface area contributed by atoms with Crippen molar-refractivity contribution in [2.24, 2.45) is 0 Å². The number of ether oxygens (including phenoxy) is 1. The number of carbonyl (C=O) groups is 1. The van der Waals surface area contributed by atoms with Crippen LogP contribution >= 0.6 is 0 Å². The van der Waals surface area contributed by atoms with Crippen LogP contribution in [0, 0.1) is 0 Å². The van der Waals surface area contributed by atoms with Crippen LogP contribution in [-0.4, -0.2) is 52.3 Å². The molecule has 0 spiro atoms. The first-order chi connectivity index (χ1) is 13.2. The van der Waals surface area contributed by atoms with E-state index in [0.29, 0.717) is 12.3 Å². The molecule has 0 saturated carbocycles. The second-order valence-corrected chi connectivity index (χ2v) is 6.94. The van der Waals surface area contributed by atoms with Gasteiger partial charge in [-0.2, -0.15) is 0 Å². The summed E-state index contributed by atoms with van der Waals surface area (Å²) >= 11 is 0. The maximum atomic E-state index is 12.4. The summed E-state index contributed by atoms with van der Waals surface area (Å²) in [4.78, 5) is 15.3. The SMILES string of the molecule is COc1ccccc1NC(=O)C[NH+]1CC[NH+](C/C=C/c2ccccc2)CC1. The Morgan fingerprint density at radius 1 is 1.00 bits per heavy atom. The van der Waals surface area contributed by atoms with Gasteiger partial charge in [0.2, 0.25) is 0 Å². The van der Waals surface area contributed by atoms with Crippen molar-refractivity contribution in [1.82, 2.24) is 0 Å². The summed E-state index contributed by atoms with van der Waals surface area (Å²) in [5, 5.41) is 2.97. The van der Waals surface area contributed by atoms with Crippen LogP contribution in [0.25, 0.3) is 6.08 Å². The minimum atomic E-state index is 0.0434. The van der Waals surface area contributed by atoms with Crippen molar-refractivity contribution in [3.8, 4) is 5.75 Å². The molecule has 3 rings (SSSR count). The van der Waals surface area contributed by atoms with Crippen LogP contribution in [0.15, 0.2) is 60.7 Å². The fourth-order valence-corrected chi connectivity index (χ4v) is 3.43. The van der Waals surface area contributed by atoms with Gasteiger partial charge < -0.3 is 19.9 Å². The number of hydrogen-bond acceptors (Lipinski definition) is 2. The zero-order chi connectivity index (χ0) is 18.9. The number of piperazine rings is 1. The number of benzene rings is 2. The minimum Gasteiger partial charge on any atom is -0.495 e. The van der Waals surface area contributed by atoms with Crippen LogP contribution in [0.2, 0.25) is 0 Å². The van der Waals surface area contributed by atoms with Gasteiger partial charge >= 0.3 is 0 Å². The van der Waals surface area contributed by atoms with E-state index in [4.69, 9.17) is 4.74 Å². The monoisotopic (exact) mass is 367 g/mol. The second-order valence-electron chi connectivity index (χ2n) is 6.94. The van der Waals surface area contributed by atoms with Crippen LogP contribution in [0.4, 0.5) is 5.69 Å². The van der Waals surface area contributed by atoms with Gasteiger partial charge in [-0.1, -0.05) is 48.5 Å². The van der Waals surface area contributed by atoms with Gasteiger partial charge in [0.1, 0.15) is 31.9 Å². The molecule has 0 unspecified atom stereocenters. The summed E-state index contributed by atoms with van der Waals surface area (Å²) < 4.78 is 5.29. The zero-order valence-electron chi connectivity index (χ0n) is 15.9. The first-order valence-electron chi connectivity index (χ1n) is 9.56. The number of quaternary nitrogens is 2. The molecule has 0 aromatic heterocycles. The fraction of sp³-hybridized carbons (Fsp3) is 0.318. The molecule has 1 aliphatic heterocycles. The lowest BCUT2D eigenvalue weighted by Crippen LogP contribution is -3.28. The molecule has 1 heterocycles. The zero-order valence-corrected chi connectivity index (χ0v) is 15.9. The van der Waals surface area contributed by atoms with Crippen molar-refractivity contribution < 1.29 is 19.3 Å². The van der Waals surface area contributed by atoms with Crippen LogP contribution < -0.4 is 19.9 Å². The van der Waals surface area contributed by atoms with E-state index < -0.39 is 0 Å². The molecular weight excluding hydrogens is 338 g/mol. The predicted octanol–water partition coefficient (Wildman–Crippen LogP) is 0.131. The maximum Gasteiger partial charge on any atom is 0.279 e. The third-order valence-corrected chi connectivity index (χ3v) is 4.97. The molecule has 27 heavy (non-hydrogen) atoms. The van der Waals surface area contributed by atoms with Crippen molar-refractivity contribution in [3.63, 3.8) is 0 Å². The highest BCUT2D eigenvalue weighted by Gasteiger charge is 2.24. The highest BCUT2D eigenvalue weighted by Crippen LogP contribution is 2.22. The second kappa shape index (κ2) is 9.90. The summed E-state index contributed by atoms with van der Waals surface area (Å²) in [6, 6.07) is 17.9. The molecule has 0 atom stereocenters. The molecule has 142 valence electrons. The standard InChI is InChI=1S/C22H27N3O2/c1-27-21-12-6-5-11-20(21)23-22(26)18-25-16-14-24(15-17-25)13-7-10-19-8-3-2-4-9-19/h2-12H,13-18H2,1H3,(H,23,26)/p+2/b10-7+. The lowest BCUT2D eigenvalue weighted by Gasteiger charge is -2.28. The molecule has 2 aromatic rings. The number of hydrogen-bond donors (Lipinski definition) is 3. The number of nitrogens with one attached hydrogen (secondary N) is 3. The van der Waals surface area contributed by atoms with E-state index in [9.17, 15) is 4.79 Å². The van der Waals surface area contributed by atoms with Gasteiger partial charge in [0.25, 0.3) is 5.91 Å². The molecule has 1 amide bonds. The smallest absolute Gasteiger partial charge is 0.279 e. The third kappa shape index (κ3) is 5.94. The molecule has 0 aliphatic carbocycles. The Bertz CT molecular complexity index is 753. The minimum absolute atomic E-state index is 0.0434. The Morgan fingerprint density at radius 2 is 1.67 bits per heavy atom. The van der Waals surface area contributed by atoms with Crippen molar-refractivity contribution in [1.29, 1.82) is 0 Å². The Hall–Kier alpha value is -2.63. The van der Waals surface area contributed by atoms with E-state index in [-0.39, 0.29) is 5.91 Å². The molecule has 0 radical (unpaired) electrons. The predicted molar refractivity (Wildman–Crippen MR) is 108 cm³/mol. The van der Waals surface area contributed by atoms with Crippen molar-refractivity contribution in [3.05, 3.63) is 66.2 Å². The normalized spacial score (nSPS) is 19.7. The van der Waals surface area contributed by atoms with E-state index in [1.807, 2.05) is 30.3 Å². The van der Waals surface area contributed by atoms with Crippen LogP contribution in [0.1, 0.15) is 5.56 Å². The highest BCUT2D eigenvalue weighted by atomic mass is 16.5. The number of rotatable bonds is 7. The van der Waals surface area contributed by atoms with Crippen molar-refractivity contribution in [2.75, 3.05) is 51.7 Å². The van der Waals surface area contributed by atoms with Crippen molar-refractivity contribution >= 4 is 17.7 Å². The van der Waals surface area contributed by atoms with Gasteiger partial charge in [-0.05, 0) is 23.8 Å². The highest BCUT2D eigenvalue weighted by molar-refractivity contribution is 5.92. The molecule has 1 saturated heterocycles. The molecule has 0 bridgehead atoms. The van der Waals surface area contributed by atoms with Gasteiger partial charge in [-0.15, -0.1) is 0 Å². The summed E-state index contributed by atoms with van der Waals surface area (Å²) in [7, 11) is 1.62. The summed E-state index contributed by atoms with van der Waals surface area (Å²) in [6.07, 6.45) is 4.44. The topological polar surface area (TPSA) is 47.2 Å². The van der Waals surface area contributed by atoms with Crippen LogP contribution in [0.5, 0.6) is 5.75 Å². The van der Waals surface area contributed by atoms with Gasteiger partial charge in [0, 0.05) is 0 Å². The lowest BCUT2D eigenvalue weighted by atomic mass is 10.2. The van der Waals surface area contributed by atoms with Crippen molar-refractivity contribution in [2.45, 2.75) is 0 Å². The summed E-state index contributed by atoms with van der Waals surface area (Å²) in [6.45, 7) is 5.77. The molecule has 3 N–H and O–H groups in total. The number of para-hydroxylation sites is 2. The molecule has 5 nitrogen and oxygen atoms in total. The van der Waals surface area contributed by atoms with E-state index in [1.54, 1.807) is 12.0 Å². The first-order valence-corrected chi connectivity index (χ1v) is 9.56. The Morgan fingerprint density at radius 3 is 2.41 bits per heavy atom. The molecule has 2 aromatic carbocycles. The Balaban J connectivity index is 1.40. The largest absolute Gasteiger partial charge is 0.495 e. The van der Waals surface area contributed by atoms with Crippen LogP contribution in [-0.2, 0) is 4.79 Å². The number of carbonyl (C=O) groups excluding carboxylic acids is 1. The van der Waals surface area contributed by atoms with E-state index in [0.717, 1.165) is 38.4 Å². The molecular formula is C22H29N3O2+2. The number of methoxy groups -OCH3 is 1. The Labute approximate surface area is 161 Å². The van der Waals surface area contributed by atoms with E-state index >= 15 is 0 Å². The molecule has 1 fully saturated rings. The number of anilines is 1. The maximum absolute atomic E-state index is 12.4. The summed E-state index contributed by atoms with van der Waals surface area (Å²) in [5.74, 6) is 0.738. The average Bonchev–Trinajstić information content (AvgIpc) is 2.70. The molecule has 5 heteroatoms. The third-order valence-electron chi connectivity index (χ3n) is 4.97. The van der Waals surface area contributed by atoms with Gasteiger partial charge in [-0.3, -0.25) is 4.79 Å². The van der Waals surface area contributed by atoms with Crippen LogP contribution in [0.3, 0.4) is 0 Å². The summed E-state index contributed by atoms with van der Waals surface area (Å²) in [5.41, 5.74) is 1.98. The average molecular weight is 367 g/mol.